The lowest BCUT2D eigenvalue weighted by atomic mass is 10.3. The highest BCUT2D eigenvalue weighted by atomic mass is 32.1. The summed E-state index contributed by atoms with van der Waals surface area (Å²) < 4.78 is 0. The van der Waals surface area contributed by atoms with Crippen LogP contribution in [0.25, 0.3) is 11.4 Å². The lowest BCUT2D eigenvalue weighted by Crippen LogP contribution is -2.33. The molecule has 2 amide bonds. The van der Waals surface area contributed by atoms with Crippen LogP contribution < -0.4 is 5.32 Å². The molecule has 1 aliphatic rings. The fourth-order valence-electron chi connectivity index (χ4n) is 2.17. The Hall–Kier alpha value is -2.28. The number of carbonyl (C=O) groups is 2. The van der Waals surface area contributed by atoms with Crippen molar-refractivity contribution in [3.05, 3.63) is 29.8 Å². The predicted molar refractivity (Wildman–Crippen MR) is 79.8 cm³/mol. The van der Waals surface area contributed by atoms with Gasteiger partial charge in [0.15, 0.2) is 5.13 Å². The molecule has 3 heterocycles. The highest BCUT2D eigenvalue weighted by Gasteiger charge is 2.22. The van der Waals surface area contributed by atoms with Crippen LogP contribution >= 0.6 is 11.3 Å². The lowest BCUT2D eigenvalue weighted by molar-refractivity contribution is -0.131. The van der Waals surface area contributed by atoms with Gasteiger partial charge in [0, 0.05) is 24.5 Å². The van der Waals surface area contributed by atoms with Crippen molar-refractivity contribution in [2.75, 3.05) is 18.4 Å². The van der Waals surface area contributed by atoms with Crippen LogP contribution in [0.2, 0.25) is 0 Å². The summed E-state index contributed by atoms with van der Waals surface area (Å²) in [7, 11) is 0. The van der Waals surface area contributed by atoms with E-state index in [1.807, 2.05) is 23.6 Å². The van der Waals surface area contributed by atoms with Gasteiger partial charge in [0.05, 0.1) is 12.2 Å². The molecule has 2 aromatic heterocycles. The Morgan fingerprint density at radius 2 is 2.29 bits per heavy atom. The monoisotopic (exact) mass is 302 g/mol. The van der Waals surface area contributed by atoms with Crippen molar-refractivity contribution >= 4 is 28.3 Å². The van der Waals surface area contributed by atoms with Crippen molar-refractivity contribution < 1.29 is 9.59 Å². The number of thiazole rings is 1. The maximum Gasteiger partial charge on any atom is 0.245 e. The average molecular weight is 302 g/mol. The summed E-state index contributed by atoms with van der Waals surface area (Å²) in [6.07, 6.45) is 3.06. The molecule has 7 heteroatoms. The van der Waals surface area contributed by atoms with Gasteiger partial charge in [0.2, 0.25) is 11.8 Å². The highest BCUT2D eigenvalue weighted by Crippen LogP contribution is 2.23. The topological polar surface area (TPSA) is 75.2 Å². The molecule has 0 saturated carbocycles. The van der Waals surface area contributed by atoms with Gasteiger partial charge in [-0.25, -0.2) is 4.98 Å². The van der Waals surface area contributed by atoms with Crippen LogP contribution in [0.1, 0.15) is 12.8 Å². The van der Waals surface area contributed by atoms with Crippen molar-refractivity contribution in [3.8, 4) is 11.4 Å². The van der Waals surface area contributed by atoms with Gasteiger partial charge in [-0.15, -0.1) is 11.3 Å². The molecule has 3 rings (SSSR count). The lowest BCUT2D eigenvalue weighted by Gasteiger charge is -2.13. The van der Waals surface area contributed by atoms with E-state index in [1.165, 1.54) is 11.3 Å². The molecular weight excluding hydrogens is 288 g/mol. The molecule has 0 radical (unpaired) electrons. The molecular formula is C14H14N4O2S. The van der Waals surface area contributed by atoms with Crippen molar-refractivity contribution in [1.29, 1.82) is 0 Å². The van der Waals surface area contributed by atoms with E-state index in [1.54, 1.807) is 11.1 Å². The minimum Gasteiger partial charge on any atom is -0.333 e. The summed E-state index contributed by atoms with van der Waals surface area (Å²) in [5, 5.41) is 5.09. The normalized spacial score (nSPS) is 14.5. The molecule has 0 aliphatic carbocycles. The second-order valence-corrected chi connectivity index (χ2v) is 5.58. The van der Waals surface area contributed by atoms with E-state index >= 15 is 0 Å². The van der Waals surface area contributed by atoms with E-state index in [0.29, 0.717) is 18.1 Å². The van der Waals surface area contributed by atoms with Crippen molar-refractivity contribution in [3.63, 3.8) is 0 Å². The van der Waals surface area contributed by atoms with Crippen LogP contribution in [0.3, 0.4) is 0 Å². The Balaban J connectivity index is 1.62. The highest BCUT2D eigenvalue weighted by molar-refractivity contribution is 7.14. The number of rotatable bonds is 4. The summed E-state index contributed by atoms with van der Waals surface area (Å²) >= 11 is 1.34. The molecule has 21 heavy (non-hydrogen) atoms. The maximum absolute atomic E-state index is 11.9. The number of likely N-dealkylation sites (tertiary alicyclic amines) is 1. The van der Waals surface area contributed by atoms with E-state index in [2.05, 4.69) is 15.3 Å². The Morgan fingerprint density at radius 1 is 1.38 bits per heavy atom. The molecule has 0 bridgehead atoms. The van der Waals surface area contributed by atoms with E-state index in [4.69, 9.17) is 0 Å². The van der Waals surface area contributed by atoms with E-state index < -0.39 is 0 Å². The van der Waals surface area contributed by atoms with Crippen molar-refractivity contribution in [2.24, 2.45) is 0 Å². The fraction of sp³-hybridized carbons (Fsp3) is 0.286. The summed E-state index contributed by atoms with van der Waals surface area (Å²) in [5.41, 5.74) is 1.50. The molecule has 0 unspecified atom stereocenters. The number of hydrogen-bond donors (Lipinski definition) is 1. The minimum atomic E-state index is -0.216. The van der Waals surface area contributed by atoms with Crippen LogP contribution in [0.5, 0.6) is 0 Å². The van der Waals surface area contributed by atoms with Gasteiger partial charge in [-0.2, -0.15) is 0 Å². The van der Waals surface area contributed by atoms with Gasteiger partial charge >= 0.3 is 0 Å². The first kappa shape index (κ1) is 13.7. The van der Waals surface area contributed by atoms with E-state index in [9.17, 15) is 9.59 Å². The van der Waals surface area contributed by atoms with Gasteiger partial charge in [-0.05, 0) is 18.6 Å². The zero-order chi connectivity index (χ0) is 14.7. The number of amides is 2. The fourth-order valence-corrected chi connectivity index (χ4v) is 2.89. The van der Waals surface area contributed by atoms with Gasteiger partial charge in [0.25, 0.3) is 0 Å². The Kier molecular flexibility index (Phi) is 3.92. The molecule has 0 atom stereocenters. The van der Waals surface area contributed by atoms with Gasteiger partial charge in [-0.3, -0.25) is 14.6 Å². The third-order valence-electron chi connectivity index (χ3n) is 3.18. The number of nitrogens with one attached hydrogen (secondary N) is 1. The van der Waals surface area contributed by atoms with Gasteiger partial charge < -0.3 is 10.2 Å². The third-order valence-corrected chi connectivity index (χ3v) is 3.94. The molecule has 0 spiro atoms. The SMILES string of the molecule is O=C(CN1CCCC1=O)Nc1nc(-c2ccccn2)cs1. The average Bonchev–Trinajstić information content (AvgIpc) is 3.10. The number of hydrogen-bond acceptors (Lipinski definition) is 5. The molecule has 6 nitrogen and oxygen atoms in total. The van der Waals surface area contributed by atoms with E-state index in [0.717, 1.165) is 17.8 Å². The number of nitrogens with zero attached hydrogens (tertiary/aromatic N) is 3. The predicted octanol–water partition coefficient (Wildman–Crippen LogP) is 1.77. The summed E-state index contributed by atoms with van der Waals surface area (Å²) in [5.74, 6) is -0.175. The molecule has 1 saturated heterocycles. The third kappa shape index (κ3) is 3.25. The number of aromatic nitrogens is 2. The number of pyridine rings is 1. The summed E-state index contributed by atoms with van der Waals surface area (Å²) in [4.78, 5) is 33.5. The molecule has 2 aromatic rings. The van der Waals surface area contributed by atoms with Crippen molar-refractivity contribution in [1.82, 2.24) is 14.9 Å². The van der Waals surface area contributed by atoms with Crippen LogP contribution in [-0.4, -0.2) is 39.8 Å². The van der Waals surface area contributed by atoms with Crippen molar-refractivity contribution in [2.45, 2.75) is 12.8 Å². The quantitative estimate of drug-likeness (QED) is 0.934. The van der Waals surface area contributed by atoms with Crippen LogP contribution in [-0.2, 0) is 9.59 Å². The molecule has 0 aromatic carbocycles. The first-order valence-electron chi connectivity index (χ1n) is 6.67. The first-order valence-corrected chi connectivity index (χ1v) is 7.55. The summed E-state index contributed by atoms with van der Waals surface area (Å²) in [6, 6.07) is 5.59. The van der Waals surface area contributed by atoms with Crippen LogP contribution in [0.15, 0.2) is 29.8 Å². The first-order chi connectivity index (χ1) is 10.2. The molecule has 1 fully saturated rings. The van der Waals surface area contributed by atoms with Gasteiger partial charge in [-0.1, -0.05) is 6.07 Å². The zero-order valence-electron chi connectivity index (χ0n) is 11.3. The van der Waals surface area contributed by atoms with Crippen LogP contribution in [0.4, 0.5) is 5.13 Å². The minimum absolute atomic E-state index is 0.0402. The summed E-state index contributed by atoms with van der Waals surface area (Å²) in [6.45, 7) is 0.751. The second-order valence-electron chi connectivity index (χ2n) is 4.72. The van der Waals surface area contributed by atoms with Gasteiger partial charge in [0.1, 0.15) is 5.69 Å². The smallest absolute Gasteiger partial charge is 0.245 e. The van der Waals surface area contributed by atoms with Crippen LogP contribution in [0, 0.1) is 0 Å². The standard InChI is InChI=1S/C14H14N4O2S/c19-12(8-18-7-3-5-13(18)20)17-14-16-11(9-21-14)10-4-1-2-6-15-10/h1-2,4,6,9H,3,5,7-8H2,(H,16,17,19). The number of carbonyl (C=O) groups excluding carboxylic acids is 2. The Labute approximate surface area is 125 Å². The number of anilines is 1. The largest absolute Gasteiger partial charge is 0.333 e. The zero-order valence-corrected chi connectivity index (χ0v) is 12.1. The molecule has 1 N–H and O–H groups in total. The Morgan fingerprint density at radius 3 is 3.00 bits per heavy atom. The Bertz CT molecular complexity index is 656. The molecule has 108 valence electrons. The molecule has 1 aliphatic heterocycles. The second kappa shape index (κ2) is 6.01. The van der Waals surface area contributed by atoms with E-state index in [-0.39, 0.29) is 18.4 Å². The maximum atomic E-state index is 11.9.